The molecule has 1 aromatic heterocycles. The van der Waals surface area contributed by atoms with Gasteiger partial charge in [0, 0.05) is 6.21 Å². The highest BCUT2D eigenvalue weighted by Crippen LogP contribution is 2.25. The second-order valence-corrected chi connectivity index (χ2v) is 4.56. The average molecular weight is 290 g/mol. The standard InChI is InChI=1S/C17H10N2O3/c18-9-11-5-7-12(8-6-11)19-10-14-16(20)13-3-1-2-4-15(13)22-17(14)21/h1-8,10,20H. The molecule has 0 unspecified atom stereocenters. The molecule has 1 N–H and O–H groups in total. The first-order valence-corrected chi connectivity index (χ1v) is 6.48. The Morgan fingerprint density at radius 3 is 2.59 bits per heavy atom. The number of aliphatic imine (C=N–C) groups is 1. The zero-order valence-electron chi connectivity index (χ0n) is 11.4. The van der Waals surface area contributed by atoms with E-state index in [0.29, 0.717) is 22.2 Å². The Kier molecular flexibility index (Phi) is 3.42. The number of hydrogen-bond acceptors (Lipinski definition) is 5. The van der Waals surface area contributed by atoms with Crippen LogP contribution in [0.15, 0.2) is 62.7 Å². The molecule has 0 radical (unpaired) electrons. The number of hydrogen-bond donors (Lipinski definition) is 1. The molecule has 2 aromatic carbocycles. The molecule has 5 heteroatoms. The van der Waals surface area contributed by atoms with Gasteiger partial charge in [0.2, 0.25) is 0 Å². The topological polar surface area (TPSA) is 86.6 Å². The molecule has 1 heterocycles. The van der Waals surface area contributed by atoms with Crippen LogP contribution < -0.4 is 5.63 Å². The maximum absolute atomic E-state index is 11.9. The van der Waals surface area contributed by atoms with Gasteiger partial charge in [0.15, 0.2) is 0 Å². The second-order valence-electron chi connectivity index (χ2n) is 4.56. The summed E-state index contributed by atoms with van der Waals surface area (Å²) in [6.45, 7) is 0. The molecule has 3 aromatic rings. The number of nitriles is 1. The fourth-order valence-electron chi connectivity index (χ4n) is 2.02. The number of rotatable bonds is 2. The molecule has 0 aliphatic carbocycles. The molecule has 0 bridgehead atoms. The van der Waals surface area contributed by atoms with Gasteiger partial charge in [-0.15, -0.1) is 0 Å². The molecule has 0 fully saturated rings. The van der Waals surface area contributed by atoms with Crippen molar-refractivity contribution in [1.82, 2.24) is 0 Å². The van der Waals surface area contributed by atoms with Crippen LogP contribution in [0.2, 0.25) is 0 Å². The summed E-state index contributed by atoms with van der Waals surface area (Å²) in [5, 5.41) is 19.4. The maximum atomic E-state index is 11.9. The normalized spacial score (nSPS) is 10.9. The second kappa shape index (κ2) is 5.54. The van der Waals surface area contributed by atoms with E-state index < -0.39 is 5.63 Å². The minimum Gasteiger partial charge on any atom is -0.506 e. The third-order valence-corrected chi connectivity index (χ3v) is 3.16. The van der Waals surface area contributed by atoms with Gasteiger partial charge in [-0.25, -0.2) is 4.79 Å². The molecule has 3 rings (SSSR count). The van der Waals surface area contributed by atoms with Crippen molar-refractivity contribution in [1.29, 1.82) is 5.26 Å². The Morgan fingerprint density at radius 2 is 1.86 bits per heavy atom. The molecule has 0 aliphatic heterocycles. The minimum atomic E-state index is -0.659. The summed E-state index contributed by atoms with van der Waals surface area (Å²) in [6, 6.07) is 15.3. The largest absolute Gasteiger partial charge is 0.506 e. The van der Waals surface area contributed by atoms with E-state index in [0.717, 1.165) is 0 Å². The predicted octanol–water partition coefficient (Wildman–Crippen LogP) is 3.12. The van der Waals surface area contributed by atoms with Crippen molar-refractivity contribution in [2.75, 3.05) is 0 Å². The average Bonchev–Trinajstić information content (AvgIpc) is 2.55. The lowest BCUT2D eigenvalue weighted by Gasteiger charge is -2.02. The summed E-state index contributed by atoms with van der Waals surface area (Å²) in [6.07, 6.45) is 1.26. The van der Waals surface area contributed by atoms with E-state index in [1.54, 1.807) is 48.5 Å². The van der Waals surface area contributed by atoms with Crippen LogP contribution in [0, 0.1) is 11.3 Å². The third kappa shape index (κ3) is 2.45. The quantitative estimate of drug-likeness (QED) is 0.580. The van der Waals surface area contributed by atoms with E-state index in [1.165, 1.54) is 6.21 Å². The van der Waals surface area contributed by atoms with Gasteiger partial charge in [0.1, 0.15) is 16.9 Å². The molecule has 0 spiro atoms. The van der Waals surface area contributed by atoms with Crippen molar-refractivity contribution in [2.24, 2.45) is 4.99 Å². The summed E-state index contributed by atoms with van der Waals surface area (Å²) in [4.78, 5) is 16.0. The van der Waals surface area contributed by atoms with Crippen LogP contribution in [0.1, 0.15) is 11.1 Å². The van der Waals surface area contributed by atoms with Crippen molar-refractivity contribution >= 4 is 22.9 Å². The molecule has 0 saturated carbocycles. The Balaban J connectivity index is 2.04. The lowest BCUT2D eigenvalue weighted by atomic mass is 10.1. The monoisotopic (exact) mass is 290 g/mol. The van der Waals surface area contributed by atoms with E-state index in [1.807, 2.05) is 6.07 Å². The molecule has 0 aliphatic rings. The van der Waals surface area contributed by atoms with Crippen LogP contribution in [-0.2, 0) is 0 Å². The number of fused-ring (bicyclic) bond motifs is 1. The van der Waals surface area contributed by atoms with Crippen molar-refractivity contribution in [3.63, 3.8) is 0 Å². The molecule has 5 nitrogen and oxygen atoms in total. The van der Waals surface area contributed by atoms with Crippen LogP contribution >= 0.6 is 0 Å². The zero-order chi connectivity index (χ0) is 15.5. The number of para-hydroxylation sites is 1. The number of nitrogens with zero attached hydrogens (tertiary/aromatic N) is 2. The summed E-state index contributed by atoms with van der Waals surface area (Å²) < 4.78 is 5.15. The van der Waals surface area contributed by atoms with Crippen LogP contribution in [0.5, 0.6) is 5.75 Å². The molecule has 0 saturated heterocycles. The Morgan fingerprint density at radius 1 is 1.14 bits per heavy atom. The molecule has 22 heavy (non-hydrogen) atoms. The summed E-state index contributed by atoms with van der Waals surface area (Å²) >= 11 is 0. The highest BCUT2D eigenvalue weighted by Gasteiger charge is 2.11. The van der Waals surface area contributed by atoms with Gasteiger partial charge >= 0.3 is 5.63 Å². The van der Waals surface area contributed by atoms with Gasteiger partial charge < -0.3 is 9.52 Å². The van der Waals surface area contributed by atoms with Crippen molar-refractivity contribution in [3.05, 3.63) is 70.1 Å². The van der Waals surface area contributed by atoms with E-state index in [9.17, 15) is 9.90 Å². The van der Waals surface area contributed by atoms with Crippen molar-refractivity contribution in [2.45, 2.75) is 0 Å². The van der Waals surface area contributed by atoms with E-state index >= 15 is 0 Å². The Bertz CT molecular complexity index is 964. The van der Waals surface area contributed by atoms with Gasteiger partial charge in [-0.3, -0.25) is 4.99 Å². The molecule has 0 atom stereocenters. The predicted molar refractivity (Wildman–Crippen MR) is 82.6 cm³/mol. The lowest BCUT2D eigenvalue weighted by Crippen LogP contribution is -2.06. The number of benzene rings is 2. The third-order valence-electron chi connectivity index (χ3n) is 3.16. The Hall–Kier alpha value is -3.39. The van der Waals surface area contributed by atoms with Crippen molar-refractivity contribution < 1.29 is 9.52 Å². The van der Waals surface area contributed by atoms with Crippen LogP contribution in [0.3, 0.4) is 0 Å². The molecule has 106 valence electrons. The fraction of sp³-hybridized carbons (Fsp3) is 0. The van der Waals surface area contributed by atoms with E-state index in [2.05, 4.69) is 4.99 Å². The van der Waals surface area contributed by atoms with Crippen molar-refractivity contribution in [3.8, 4) is 11.8 Å². The first-order chi connectivity index (χ1) is 10.7. The van der Waals surface area contributed by atoms with Gasteiger partial charge in [0.05, 0.1) is 22.7 Å². The lowest BCUT2D eigenvalue weighted by molar-refractivity contribution is 0.466. The summed E-state index contributed by atoms with van der Waals surface area (Å²) in [5.74, 6) is -0.163. The van der Waals surface area contributed by atoms with Gasteiger partial charge in [-0.1, -0.05) is 12.1 Å². The fourth-order valence-corrected chi connectivity index (χ4v) is 2.02. The van der Waals surface area contributed by atoms with E-state index in [-0.39, 0.29) is 11.3 Å². The maximum Gasteiger partial charge on any atom is 0.348 e. The highest BCUT2D eigenvalue weighted by molar-refractivity contribution is 5.94. The minimum absolute atomic E-state index is 0.0111. The van der Waals surface area contributed by atoms with Gasteiger partial charge in [-0.05, 0) is 36.4 Å². The van der Waals surface area contributed by atoms with Crippen LogP contribution in [0.25, 0.3) is 11.0 Å². The first kappa shape index (κ1) is 13.6. The summed E-state index contributed by atoms with van der Waals surface area (Å²) in [7, 11) is 0. The van der Waals surface area contributed by atoms with Gasteiger partial charge in [0.25, 0.3) is 0 Å². The number of aromatic hydroxyl groups is 1. The SMILES string of the molecule is N#Cc1ccc(N=Cc2c(O)c3ccccc3oc2=O)cc1. The molecular formula is C17H10N2O3. The molecular weight excluding hydrogens is 280 g/mol. The van der Waals surface area contributed by atoms with Crippen LogP contribution in [-0.4, -0.2) is 11.3 Å². The highest BCUT2D eigenvalue weighted by atomic mass is 16.4. The smallest absolute Gasteiger partial charge is 0.348 e. The van der Waals surface area contributed by atoms with E-state index in [4.69, 9.17) is 9.68 Å². The first-order valence-electron chi connectivity index (χ1n) is 6.48. The Labute approximate surface area is 125 Å². The van der Waals surface area contributed by atoms with Crippen LogP contribution in [0.4, 0.5) is 5.69 Å². The van der Waals surface area contributed by atoms with Gasteiger partial charge in [-0.2, -0.15) is 5.26 Å². The summed E-state index contributed by atoms with van der Waals surface area (Å²) in [5.41, 5.74) is 0.732. The zero-order valence-corrected chi connectivity index (χ0v) is 11.4. The molecule has 0 amide bonds.